The highest BCUT2D eigenvalue weighted by atomic mass is 32.1. The fourth-order valence-corrected chi connectivity index (χ4v) is 4.43. The number of aromatic nitrogens is 1. The maximum Gasteiger partial charge on any atom is 0.273 e. The van der Waals surface area contributed by atoms with Crippen molar-refractivity contribution in [1.29, 1.82) is 0 Å². The Morgan fingerprint density at radius 1 is 1.29 bits per heavy atom. The molecule has 5 N–H and O–H groups in total. The lowest BCUT2D eigenvalue weighted by Gasteiger charge is -2.30. The highest BCUT2D eigenvalue weighted by molar-refractivity contribution is 7.09. The molecule has 178 valence electrons. The number of furan rings is 1. The van der Waals surface area contributed by atoms with Crippen LogP contribution < -0.4 is 21.7 Å². The number of nitrogens with one attached hydrogen (secondary N) is 1. The van der Waals surface area contributed by atoms with Crippen molar-refractivity contribution in [2.75, 3.05) is 23.8 Å². The maximum absolute atomic E-state index is 14.2. The molecule has 4 rings (SSSR count). The molecule has 1 aromatic carbocycles. The van der Waals surface area contributed by atoms with E-state index in [2.05, 4.69) is 9.69 Å². The second-order valence-electron chi connectivity index (χ2n) is 7.59. The average molecular weight is 488 g/mol. The Morgan fingerprint density at radius 3 is 2.74 bits per heavy atom. The van der Waals surface area contributed by atoms with Gasteiger partial charge in [0.25, 0.3) is 17.7 Å². The van der Waals surface area contributed by atoms with Crippen molar-refractivity contribution in [3.63, 3.8) is 0 Å². The van der Waals surface area contributed by atoms with E-state index in [0.717, 1.165) is 23.8 Å². The SMILES string of the molecule is NC(=O)c1nsc(C(=O)N(c2cccc(F)c2)C(C(=O)NCC2CCCO2)c2ccco2)c1N. The van der Waals surface area contributed by atoms with Crippen molar-refractivity contribution in [2.45, 2.75) is 25.0 Å². The predicted octanol–water partition coefficient (Wildman–Crippen LogP) is 2.24. The number of halogens is 1. The highest BCUT2D eigenvalue weighted by Gasteiger charge is 2.38. The first kappa shape index (κ1) is 23.4. The number of rotatable bonds is 8. The second kappa shape index (κ2) is 10.0. The first-order valence-electron chi connectivity index (χ1n) is 10.4. The molecule has 0 spiro atoms. The standard InChI is InChI=1S/C22H22FN5O5S/c23-12-4-1-5-13(10-12)28(22(31)19-16(24)17(20(25)29)27-34-19)18(15-7-3-9-33-15)21(30)26-11-14-6-2-8-32-14/h1,3-5,7,9-10,14,18H,2,6,8,11,24H2,(H2,25,29)(H,26,30). The van der Waals surface area contributed by atoms with Crippen LogP contribution in [0.2, 0.25) is 0 Å². The van der Waals surface area contributed by atoms with Crippen molar-refractivity contribution in [3.8, 4) is 0 Å². The van der Waals surface area contributed by atoms with E-state index < -0.39 is 29.6 Å². The molecule has 0 radical (unpaired) electrons. The monoisotopic (exact) mass is 487 g/mol. The average Bonchev–Trinajstić information content (AvgIpc) is 3.57. The van der Waals surface area contributed by atoms with Gasteiger partial charge < -0.3 is 25.9 Å². The summed E-state index contributed by atoms with van der Waals surface area (Å²) in [6.07, 6.45) is 2.90. The number of amides is 3. The smallest absolute Gasteiger partial charge is 0.273 e. The minimum atomic E-state index is -1.32. The Balaban J connectivity index is 1.76. The number of primary amides is 1. The Morgan fingerprint density at radius 2 is 2.12 bits per heavy atom. The number of hydrogen-bond acceptors (Lipinski definition) is 8. The van der Waals surface area contributed by atoms with Gasteiger partial charge in [0.2, 0.25) is 0 Å². The van der Waals surface area contributed by atoms with Crippen LogP contribution in [0.5, 0.6) is 0 Å². The first-order chi connectivity index (χ1) is 16.4. The van der Waals surface area contributed by atoms with Crippen molar-refractivity contribution in [3.05, 3.63) is 64.8 Å². The minimum absolute atomic E-state index is 0.0760. The van der Waals surface area contributed by atoms with Gasteiger partial charge in [0, 0.05) is 18.8 Å². The van der Waals surface area contributed by atoms with Gasteiger partial charge in [-0.1, -0.05) is 6.07 Å². The highest BCUT2D eigenvalue weighted by Crippen LogP contribution is 2.33. The fraction of sp³-hybridized carbons (Fsp3) is 0.273. The summed E-state index contributed by atoms with van der Waals surface area (Å²) < 4.78 is 29.1. The molecule has 0 aliphatic carbocycles. The first-order valence-corrected chi connectivity index (χ1v) is 11.2. The molecule has 1 aliphatic rings. The Kier molecular flexibility index (Phi) is 6.89. The molecule has 3 amide bonds. The van der Waals surface area contributed by atoms with E-state index >= 15 is 0 Å². The van der Waals surface area contributed by atoms with E-state index in [1.54, 1.807) is 6.07 Å². The quantitative estimate of drug-likeness (QED) is 0.440. The number of hydrogen-bond donors (Lipinski definition) is 3. The number of anilines is 2. The normalized spacial score (nSPS) is 16.2. The van der Waals surface area contributed by atoms with Crippen molar-refractivity contribution < 1.29 is 27.9 Å². The van der Waals surface area contributed by atoms with E-state index in [1.165, 1.54) is 30.5 Å². The zero-order chi connectivity index (χ0) is 24.2. The molecule has 10 nitrogen and oxygen atoms in total. The molecule has 34 heavy (non-hydrogen) atoms. The molecule has 1 fully saturated rings. The van der Waals surface area contributed by atoms with Gasteiger partial charge in [-0.25, -0.2) is 4.39 Å². The Labute approximate surface area is 197 Å². The van der Waals surface area contributed by atoms with Gasteiger partial charge in [0.15, 0.2) is 11.7 Å². The maximum atomic E-state index is 14.2. The summed E-state index contributed by atoms with van der Waals surface area (Å²) in [6.45, 7) is 0.846. The largest absolute Gasteiger partial charge is 0.467 e. The van der Waals surface area contributed by atoms with Crippen LogP contribution in [0.3, 0.4) is 0 Å². The topological polar surface area (TPSA) is 154 Å². The van der Waals surface area contributed by atoms with Gasteiger partial charge >= 0.3 is 0 Å². The zero-order valence-electron chi connectivity index (χ0n) is 17.9. The molecular weight excluding hydrogens is 465 g/mol. The molecule has 0 bridgehead atoms. The third-order valence-corrected chi connectivity index (χ3v) is 6.16. The van der Waals surface area contributed by atoms with Gasteiger partial charge in [-0.05, 0) is 54.7 Å². The summed E-state index contributed by atoms with van der Waals surface area (Å²) in [4.78, 5) is 39.6. The number of carbonyl (C=O) groups is 3. The lowest BCUT2D eigenvalue weighted by Crippen LogP contribution is -2.45. The number of carbonyl (C=O) groups excluding carboxylic acids is 3. The molecule has 3 heterocycles. The summed E-state index contributed by atoms with van der Waals surface area (Å²) >= 11 is 0.657. The van der Waals surface area contributed by atoms with Crippen LogP contribution in [0, 0.1) is 5.82 Å². The second-order valence-corrected chi connectivity index (χ2v) is 8.36. The zero-order valence-corrected chi connectivity index (χ0v) is 18.7. The van der Waals surface area contributed by atoms with Gasteiger partial charge in [-0.15, -0.1) is 0 Å². The molecule has 1 aliphatic heterocycles. The molecule has 3 aromatic rings. The van der Waals surface area contributed by atoms with Gasteiger partial charge in [-0.2, -0.15) is 4.37 Å². The third-order valence-electron chi connectivity index (χ3n) is 5.31. The Hall–Kier alpha value is -3.77. The van der Waals surface area contributed by atoms with Crippen LogP contribution in [-0.4, -0.2) is 41.4 Å². The molecule has 0 saturated carbocycles. The Bertz CT molecular complexity index is 1190. The molecular formula is C22H22FN5O5S. The number of benzene rings is 1. The lowest BCUT2D eigenvalue weighted by atomic mass is 10.1. The van der Waals surface area contributed by atoms with Crippen molar-refractivity contribution in [1.82, 2.24) is 9.69 Å². The van der Waals surface area contributed by atoms with Crippen LogP contribution in [0.4, 0.5) is 15.8 Å². The molecule has 2 aromatic heterocycles. The van der Waals surface area contributed by atoms with Gasteiger partial charge in [-0.3, -0.25) is 19.3 Å². The fourth-order valence-electron chi connectivity index (χ4n) is 3.69. The summed E-state index contributed by atoms with van der Waals surface area (Å²) in [5.74, 6) is -2.73. The van der Waals surface area contributed by atoms with Crippen LogP contribution in [-0.2, 0) is 9.53 Å². The summed E-state index contributed by atoms with van der Waals surface area (Å²) in [5.41, 5.74) is 10.8. The summed E-state index contributed by atoms with van der Waals surface area (Å²) in [5, 5.41) is 2.79. The number of nitrogens with two attached hydrogens (primary N) is 2. The van der Waals surface area contributed by atoms with E-state index in [4.69, 9.17) is 20.6 Å². The predicted molar refractivity (Wildman–Crippen MR) is 122 cm³/mol. The lowest BCUT2D eigenvalue weighted by molar-refractivity contribution is -0.123. The van der Waals surface area contributed by atoms with E-state index in [1.807, 2.05) is 0 Å². The molecule has 12 heteroatoms. The van der Waals surface area contributed by atoms with Crippen molar-refractivity contribution in [2.24, 2.45) is 5.73 Å². The summed E-state index contributed by atoms with van der Waals surface area (Å²) in [7, 11) is 0. The van der Waals surface area contributed by atoms with Crippen LogP contribution in [0.1, 0.15) is 44.8 Å². The van der Waals surface area contributed by atoms with Crippen LogP contribution in [0.15, 0.2) is 47.1 Å². The molecule has 1 saturated heterocycles. The van der Waals surface area contributed by atoms with Gasteiger partial charge in [0.1, 0.15) is 16.5 Å². The molecule has 2 atom stereocenters. The van der Waals surface area contributed by atoms with Crippen LogP contribution in [0.25, 0.3) is 0 Å². The molecule has 2 unspecified atom stereocenters. The van der Waals surface area contributed by atoms with E-state index in [0.29, 0.717) is 18.1 Å². The van der Waals surface area contributed by atoms with Crippen molar-refractivity contribution >= 4 is 40.6 Å². The van der Waals surface area contributed by atoms with E-state index in [9.17, 15) is 18.8 Å². The number of ether oxygens (including phenoxy) is 1. The summed E-state index contributed by atoms with van der Waals surface area (Å²) in [6, 6.07) is 6.96. The number of nitrogens with zero attached hydrogens (tertiary/aromatic N) is 2. The van der Waals surface area contributed by atoms with Crippen LogP contribution >= 0.6 is 11.5 Å². The number of nitrogen functional groups attached to an aromatic ring is 1. The van der Waals surface area contributed by atoms with Gasteiger partial charge in [0.05, 0.1) is 18.1 Å². The minimum Gasteiger partial charge on any atom is -0.467 e. The van der Waals surface area contributed by atoms with E-state index in [-0.39, 0.29) is 40.4 Å². The third kappa shape index (κ3) is 4.77.